The first-order valence-electron chi connectivity index (χ1n) is 9.94. The van der Waals surface area contributed by atoms with Crippen LogP contribution in [0.3, 0.4) is 0 Å². The molecule has 144 valence electrons. The zero-order valence-corrected chi connectivity index (χ0v) is 17.2. The number of hydrogen-bond acceptors (Lipinski definition) is 0. The van der Waals surface area contributed by atoms with Gasteiger partial charge in [-0.05, 0) is 52.3 Å². The summed E-state index contributed by atoms with van der Waals surface area (Å²) in [6, 6.07) is 19.2. The van der Waals surface area contributed by atoms with Crippen LogP contribution in [0.25, 0.3) is 5.57 Å². The van der Waals surface area contributed by atoms with Gasteiger partial charge in [-0.25, -0.2) is 0 Å². The van der Waals surface area contributed by atoms with Crippen molar-refractivity contribution in [2.24, 2.45) is 0 Å². The van der Waals surface area contributed by atoms with E-state index in [1.54, 1.807) is 0 Å². The maximum Gasteiger partial charge on any atom is 0.0713 e. The summed E-state index contributed by atoms with van der Waals surface area (Å²) in [6.07, 6.45) is 12.8. The molecule has 0 heteroatoms. The average Bonchev–Trinajstić information content (AvgIpc) is 3.07. The van der Waals surface area contributed by atoms with Crippen LogP contribution >= 0.6 is 0 Å². The molecule has 1 aliphatic rings. The maximum absolute atomic E-state index is 4.44. The second-order valence-corrected chi connectivity index (χ2v) is 7.09. The Morgan fingerprint density at radius 2 is 1.66 bits per heavy atom. The third kappa shape index (κ3) is 3.21. The molecule has 1 aliphatic carbocycles. The minimum Gasteiger partial charge on any atom is -0.0991 e. The number of rotatable bonds is 8. The number of fused-ring (bicyclic) bond motifs is 1. The van der Waals surface area contributed by atoms with E-state index in [9.17, 15) is 0 Å². The van der Waals surface area contributed by atoms with Gasteiger partial charge >= 0.3 is 0 Å². The van der Waals surface area contributed by atoms with Crippen LogP contribution in [-0.4, -0.2) is 0 Å². The third-order valence-electron chi connectivity index (χ3n) is 5.59. The van der Waals surface area contributed by atoms with Crippen molar-refractivity contribution in [3.8, 4) is 0 Å². The van der Waals surface area contributed by atoms with Gasteiger partial charge in [0, 0.05) is 0 Å². The number of allylic oxidation sites excluding steroid dienone is 10. The van der Waals surface area contributed by atoms with Gasteiger partial charge in [0.1, 0.15) is 0 Å². The van der Waals surface area contributed by atoms with Crippen LogP contribution < -0.4 is 0 Å². The lowest BCUT2D eigenvalue weighted by atomic mass is 9.66. The van der Waals surface area contributed by atoms with Crippen molar-refractivity contribution in [3.63, 3.8) is 0 Å². The fourth-order valence-electron chi connectivity index (χ4n) is 4.45. The van der Waals surface area contributed by atoms with E-state index in [4.69, 9.17) is 0 Å². The molecule has 2 aromatic rings. The molecule has 1 atom stereocenters. The van der Waals surface area contributed by atoms with Crippen molar-refractivity contribution in [3.05, 3.63) is 151 Å². The molecule has 2 aromatic carbocycles. The first-order chi connectivity index (χ1) is 14.2. The predicted octanol–water partition coefficient (Wildman–Crippen LogP) is 7.75. The Morgan fingerprint density at radius 3 is 2.28 bits per heavy atom. The van der Waals surface area contributed by atoms with Crippen molar-refractivity contribution in [1.82, 2.24) is 0 Å². The van der Waals surface area contributed by atoms with E-state index in [2.05, 4.69) is 93.1 Å². The molecule has 1 unspecified atom stereocenters. The molecule has 0 saturated heterocycles. The Labute approximate surface area is 175 Å². The Kier molecular flexibility index (Phi) is 6.14. The van der Waals surface area contributed by atoms with Crippen LogP contribution in [-0.2, 0) is 5.41 Å². The molecule has 29 heavy (non-hydrogen) atoms. The molecular weight excluding hydrogens is 348 g/mol. The molecule has 0 N–H and O–H groups in total. The van der Waals surface area contributed by atoms with Gasteiger partial charge in [-0.1, -0.05) is 117 Å². The molecule has 3 rings (SSSR count). The van der Waals surface area contributed by atoms with Crippen LogP contribution in [0.15, 0.2) is 134 Å². The summed E-state index contributed by atoms with van der Waals surface area (Å²) in [5, 5.41) is 0. The van der Waals surface area contributed by atoms with Crippen molar-refractivity contribution < 1.29 is 0 Å². The fourth-order valence-corrected chi connectivity index (χ4v) is 4.45. The minimum absolute atomic E-state index is 0.496. The standard InChI is InChI=1S/C29H28/c1-6-10-17-22(5)28-25-20-14-15-21-27(25)29(26(28)9-4,23(8-3)16-7-2)24-18-12-11-13-19-24/h6-16,18-21H,2-5,17H2,1H3/b10-6-,23-16+. The van der Waals surface area contributed by atoms with Gasteiger partial charge in [0.05, 0.1) is 5.41 Å². The Hall–Kier alpha value is -3.38. The lowest BCUT2D eigenvalue weighted by Crippen LogP contribution is -2.29. The summed E-state index contributed by atoms with van der Waals surface area (Å²) in [5.41, 5.74) is 7.61. The molecule has 0 amide bonds. The predicted molar refractivity (Wildman–Crippen MR) is 128 cm³/mol. The topological polar surface area (TPSA) is 0 Å². The molecule has 0 fully saturated rings. The van der Waals surface area contributed by atoms with Gasteiger partial charge in [0.15, 0.2) is 0 Å². The lowest BCUT2D eigenvalue weighted by Gasteiger charge is -2.35. The molecule has 0 heterocycles. The highest BCUT2D eigenvalue weighted by atomic mass is 14.5. The van der Waals surface area contributed by atoms with Crippen LogP contribution in [0.4, 0.5) is 0 Å². The molecule has 0 nitrogen and oxygen atoms in total. The molecular formula is C29H28. The second-order valence-electron chi connectivity index (χ2n) is 7.09. The fraction of sp³-hybridized carbons (Fsp3) is 0.103. The number of benzene rings is 2. The Bertz CT molecular complexity index is 1040. The molecule has 0 spiro atoms. The monoisotopic (exact) mass is 376 g/mol. The van der Waals surface area contributed by atoms with Crippen LogP contribution in [0.5, 0.6) is 0 Å². The van der Waals surface area contributed by atoms with Gasteiger partial charge in [-0.3, -0.25) is 0 Å². The van der Waals surface area contributed by atoms with E-state index < -0.39 is 5.41 Å². The van der Waals surface area contributed by atoms with Crippen LogP contribution in [0, 0.1) is 0 Å². The summed E-state index contributed by atoms with van der Waals surface area (Å²) < 4.78 is 0. The minimum atomic E-state index is -0.496. The summed E-state index contributed by atoms with van der Waals surface area (Å²) in [5.74, 6) is 0. The highest BCUT2D eigenvalue weighted by molar-refractivity contribution is 5.94. The summed E-state index contributed by atoms with van der Waals surface area (Å²) in [4.78, 5) is 0. The van der Waals surface area contributed by atoms with Crippen molar-refractivity contribution in [2.75, 3.05) is 0 Å². The molecule has 0 saturated carbocycles. The van der Waals surface area contributed by atoms with E-state index in [1.807, 2.05) is 31.2 Å². The molecule has 0 aliphatic heterocycles. The zero-order valence-electron chi connectivity index (χ0n) is 17.2. The van der Waals surface area contributed by atoms with E-state index >= 15 is 0 Å². The molecule has 0 bridgehead atoms. The largest absolute Gasteiger partial charge is 0.0991 e. The molecule has 0 aromatic heterocycles. The zero-order chi connectivity index (χ0) is 20.9. The van der Waals surface area contributed by atoms with Crippen molar-refractivity contribution >= 4 is 5.57 Å². The average molecular weight is 377 g/mol. The van der Waals surface area contributed by atoms with Gasteiger partial charge < -0.3 is 0 Å². The maximum atomic E-state index is 4.44. The first kappa shape index (κ1) is 20.4. The molecule has 0 radical (unpaired) electrons. The van der Waals surface area contributed by atoms with Crippen molar-refractivity contribution in [1.29, 1.82) is 0 Å². The number of hydrogen-bond donors (Lipinski definition) is 0. The van der Waals surface area contributed by atoms with E-state index in [0.717, 1.165) is 23.1 Å². The Balaban J connectivity index is 2.49. The van der Waals surface area contributed by atoms with Gasteiger partial charge in [0.25, 0.3) is 0 Å². The SMILES string of the molecule is C=C/C=C(\C=C)C1(c2ccccc2)C(C=C)=C(C(=C)C/C=C\C)c2ccccc21. The smallest absolute Gasteiger partial charge is 0.0713 e. The second kappa shape index (κ2) is 8.75. The van der Waals surface area contributed by atoms with Gasteiger partial charge in [0.2, 0.25) is 0 Å². The summed E-state index contributed by atoms with van der Waals surface area (Å²) in [7, 11) is 0. The first-order valence-corrected chi connectivity index (χ1v) is 9.94. The van der Waals surface area contributed by atoms with Gasteiger partial charge in [-0.15, -0.1) is 0 Å². The van der Waals surface area contributed by atoms with E-state index in [1.165, 1.54) is 22.3 Å². The summed E-state index contributed by atoms with van der Waals surface area (Å²) in [6.45, 7) is 18.8. The highest BCUT2D eigenvalue weighted by Gasteiger charge is 2.47. The third-order valence-corrected chi connectivity index (χ3v) is 5.59. The highest BCUT2D eigenvalue weighted by Crippen LogP contribution is 2.56. The quantitative estimate of drug-likeness (QED) is 0.326. The van der Waals surface area contributed by atoms with E-state index in [0.29, 0.717) is 0 Å². The lowest BCUT2D eigenvalue weighted by molar-refractivity contribution is 0.760. The van der Waals surface area contributed by atoms with Crippen molar-refractivity contribution in [2.45, 2.75) is 18.8 Å². The van der Waals surface area contributed by atoms with Gasteiger partial charge in [-0.2, -0.15) is 0 Å². The van der Waals surface area contributed by atoms with Crippen LogP contribution in [0.1, 0.15) is 30.0 Å². The van der Waals surface area contributed by atoms with E-state index in [-0.39, 0.29) is 0 Å². The normalized spacial score (nSPS) is 18.6. The summed E-state index contributed by atoms with van der Waals surface area (Å²) >= 11 is 0. The van der Waals surface area contributed by atoms with Crippen LogP contribution in [0.2, 0.25) is 0 Å². The Morgan fingerprint density at radius 1 is 0.966 bits per heavy atom.